The van der Waals surface area contributed by atoms with Crippen molar-refractivity contribution in [3.05, 3.63) is 28.9 Å². The maximum Gasteiger partial charge on any atom is 0.150 e. The molecule has 66 valence electrons. The Morgan fingerprint density at radius 1 is 1.31 bits per heavy atom. The van der Waals surface area contributed by atoms with Gasteiger partial charge in [0, 0.05) is 12.4 Å². The highest BCUT2D eigenvalue weighted by Gasteiger charge is 2.09. The predicted octanol–water partition coefficient (Wildman–Crippen LogP) is 2.44. The maximum atomic E-state index is 5.93. The molecule has 0 aliphatic carbocycles. The average Bonchev–Trinajstić information content (AvgIpc) is 2.52. The number of rotatable bonds is 1. The van der Waals surface area contributed by atoms with E-state index in [0.717, 1.165) is 4.88 Å². The number of anilines is 1. The fourth-order valence-corrected chi connectivity index (χ4v) is 2.14. The Hall–Kier alpha value is -1.13. The van der Waals surface area contributed by atoms with Gasteiger partial charge in [-0.25, -0.2) is 9.97 Å². The van der Waals surface area contributed by atoms with Crippen LogP contribution in [0.2, 0.25) is 5.02 Å². The lowest BCUT2D eigenvalue weighted by Gasteiger charge is -1.99. The quantitative estimate of drug-likeness (QED) is 0.788. The van der Waals surface area contributed by atoms with Crippen molar-refractivity contribution in [2.24, 2.45) is 0 Å². The molecule has 0 atom stereocenters. The van der Waals surface area contributed by atoms with E-state index < -0.39 is 0 Å². The van der Waals surface area contributed by atoms with Crippen molar-refractivity contribution >= 4 is 28.8 Å². The van der Waals surface area contributed by atoms with Crippen LogP contribution in [-0.2, 0) is 0 Å². The third-order valence-electron chi connectivity index (χ3n) is 1.56. The summed E-state index contributed by atoms with van der Waals surface area (Å²) in [7, 11) is 0. The highest BCUT2D eigenvalue weighted by Crippen LogP contribution is 2.33. The molecule has 5 heteroatoms. The van der Waals surface area contributed by atoms with Gasteiger partial charge in [-0.05, 0) is 11.4 Å². The normalized spacial score (nSPS) is 10.2. The van der Waals surface area contributed by atoms with Gasteiger partial charge in [0.1, 0.15) is 5.69 Å². The van der Waals surface area contributed by atoms with E-state index in [1.165, 1.54) is 11.3 Å². The molecule has 0 aliphatic rings. The minimum Gasteiger partial charge on any atom is -0.382 e. The number of aromatic nitrogens is 2. The van der Waals surface area contributed by atoms with E-state index >= 15 is 0 Å². The van der Waals surface area contributed by atoms with Gasteiger partial charge in [-0.3, -0.25) is 0 Å². The van der Waals surface area contributed by atoms with Crippen LogP contribution >= 0.6 is 22.9 Å². The second kappa shape index (κ2) is 3.32. The Morgan fingerprint density at radius 3 is 2.69 bits per heavy atom. The molecule has 0 spiro atoms. The zero-order valence-electron chi connectivity index (χ0n) is 6.57. The van der Waals surface area contributed by atoms with Gasteiger partial charge in [-0.2, -0.15) is 0 Å². The molecule has 0 saturated carbocycles. The van der Waals surface area contributed by atoms with Crippen LogP contribution < -0.4 is 5.73 Å². The number of nitrogens with zero attached hydrogens (tertiary/aromatic N) is 2. The number of nitrogen functional groups attached to an aromatic ring is 1. The van der Waals surface area contributed by atoms with Crippen LogP contribution in [0.15, 0.2) is 23.8 Å². The van der Waals surface area contributed by atoms with Gasteiger partial charge in [-0.15, -0.1) is 11.3 Å². The zero-order valence-corrected chi connectivity index (χ0v) is 8.14. The third-order valence-corrected chi connectivity index (χ3v) is 2.91. The van der Waals surface area contributed by atoms with Crippen molar-refractivity contribution in [2.45, 2.75) is 0 Å². The Morgan fingerprint density at radius 2 is 2.08 bits per heavy atom. The first kappa shape index (κ1) is 8.47. The van der Waals surface area contributed by atoms with Gasteiger partial charge in [0.2, 0.25) is 0 Å². The Labute approximate surface area is 84.2 Å². The summed E-state index contributed by atoms with van der Waals surface area (Å²) in [4.78, 5) is 8.93. The van der Waals surface area contributed by atoms with Gasteiger partial charge >= 0.3 is 0 Å². The number of halogens is 1. The van der Waals surface area contributed by atoms with Crippen LogP contribution in [0.3, 0.4) is 0 Å². The molecule has 0 radical (unpaired) electrons. The molecule has 0 saturated heterocycles. The van der Waals surface area contributed by atoms with Crippen LogP contribution in [0.4, 0.5) is 5.82 Å². The largest absolute Gasteiger partial charge is 0.382 e. The van der Waals surface area contributed by atoms with E-state index in [1.807, 2.05) is 11.4 Å². The molecule has 2 aromatic heterocycles. The van der Waals surface area contributed by atoms with Crippen molar-refractivity contribution in [2.75, 3.05) is 5.73 Å². The van der Waals surface area contributed by atoms with Crippen LogP contribution in [0.25, 0.3) is 10.6 Å². The summed E-state index contributed by atoms with van der Waals surface area (Å²) in [6.45, 7) is 0. The lowest BCUT2D eigenvalue weighted by atomic mass is 10.3. The first-order valence-corrected chi connectivity index (χ1v) is 4.84. The van der Waals surface area contributed by atoms with E-state index in [1.54, 1.807) is 12.4 Å². The van der Waals surface area contributed by atoms with E-state index in [-0.39, 0.29) is 0 Å². The van der Waals surface area contributed by atoms with Crippen LogP contribution in [0.5, 0.6) is 0 Å². The van der Waals surface area contributed by atoms with Gasteiger partial charge in [0.25, 0.3) is 0 Å². The van der Waals surface area contributed by atoms with Crippen LogP contribution in [0, 0.1) is 0 Å². The predicted molar refractivity (Wildman–Crippen MR) is 54.8 cm³/mol. The van der Waals surface area contributed by atoms with Crippen molar-refractivity contribution in [1.29, 1.82) is 0 Å². The van der Waals surface area contributed by atoms with E-state index in [0.29, 0.717) is 16.5 Å². The van der Waals surface area contributed by atoms with Crippen LogP contribution in [-0.4, -0.2) is 9.97 Å². The van der Waals surface area contributed by atoms with Crippen molar-refractivity contribution in [3.8, 4) is 10.6 Å². The minimum atomic E-state index is 0.409. The molecule has 3 nitrogen and oxygen atoms in total. The molecule has 2 rings (SSSR count). The summed E-state index contributed by atoms with van der Waals surface area (Å²) in [6.07, 6.45) is 3.15. The van der Waals surface area contributed by atoms with Crippen molar-refractivity contribution in [3.63, 3.8) is 0 Å². The number of hydrogen-bond acceptors (Lipinski definition) is 4. The molecule has 13 heavy (non-hydrogen) atoms. The Balaban J connectivity index is 2.59. The van der Waals surface area contributed by atoms with Crippen molar-refractivity contribution < 1.29 is 0 Å². The van der Waals surface area contributed by atoms with Crippen LogP contribution in [0.1, 0.15) is 0 Å². The molecule has 0 amide bonds. The first-order valence-electron chi connectivity index (χ1n) is 3.59. The standard InChI is InChI=1S/C8H6ClN3S/c9-5-1-4-13-7(5)6-8(10)12-3-2-11-6/h1-4H,(H2,10,12). The van der Waals surface area contributed by atoms with E-state index in [4.69, 9.17) is 17.3 Å². The molecule has 2 heterocycles. The molecule has 0 unspecified atom stereocenters. The highest BCUT2D eigenvalue weighted by atomic mass is 35.5. The summed E-state index contributed by atoms with van der Waals surface area (Å²) in [5.74, 6) is 0.409. The van der Waals surface area contributed by atoms with Gasteiger partial charge in [-0.1, -0.05) is 11.6 Å². The fourth-order valence-electron chi connectivity index (χ4n) is 0.986. The molecular weight excluding hydrogens is 206 g/mol. The lowest BCUT2D eigenvalue weighted by Crippen LogP contribution is -1.94. The summed E-state index contributed by atoms with van der Waals surface area (Å²) in [5, 5.41) is 2.56. The smallest absolute Gasteiger partial charge is 0.150 e. The Kier molecular flexibility index (Phi) is 2.16. The van der Waals surface area contributed by atoms with E-state index in [9.17, 15) is 0 Å². The molecule has 0 aliphatic heterocycles. The monoisotopic (exact) mass is 211 g/mol. The number of hydrogen-bond donors (Lipinski definition) is 1. The molecule has 2 N–H and O–H groups in total. The SMILES string of the molecule is Nc1nccnc1-c1sccc1Cl. The molecule has 0 fully saturated rings. The topological polar surface area (TPSA) is 51.8 Å². The molecular formula is C8H6ClN3S. The van der Waals surface area contributed by atoms with Gasteiger partial charge in [0.05, 0.1) is 9.90 Å². The second-order valence-electron chi connectivity index (χ2n) is 2.39. The maximum absolute atomic E-state index is 5.93. The van der Waals surface area contributed by atoms with Gasteiger partial charge < -0.3 is 5.73 Å². The Bertz CT molecular complexity index is 427. The lowest BCUT2D eigenvalue weighted by molar-refractivity contribution is 1.22. The highest BCUT2D eigenvalue weighted by molar-refractivity contribution is 7.14. The average molecular weight is 212 g/mol. The second-order valence-corrected chi connectivity index (χ2v) is 3.71. The summed E-state index contributed by atoms with van der Waals surface area (Å²) in [6, 6.07) is 1.82. The third kappa shape index (κ3) is 1.50. The number of nitrogens with two attached hydrogens (primary N) is 1. The molecule has 2 aromatic rings. The molecule has 0 bridgehead atoms. The summed E-state index contributed by atoms with van der Waals surface area (Å²) >= 11 is 7.44. The summed E-state index contributed by atoms with van der Waals surface area (Å²) in [5.41, 5.74) is 6.31. The fraction of sp³-hybridized carbons (Fsp3) is 0. The first-order chi connectivity index (χ1) is 6.29. The molecule has 0 aromatic carbocycles. The zero-order chi connectivity index (χ0) is 9.26. The number of thiophene rings is 1. The summed E-state index contributed by atoms with van der Waals surface area (Å²) < 4.78 is 0. The minimum absolute atomic E-state index is 0.409. The van der Waals surface area contributed by atoms with Gasteiger partial charge in [0.15, 0.2) is 5.82 Å². The van der Waals surface area contributed by atoms with Crippen molar-refractivity contribution in [1.82, 2.24) is 9.97 Å². The van der Waals surface area contributed by atoms with E-state index in [2.05, 4.69) is 9.97 Å².